The van der Waals surface area contributed by atoms with E-state index in [1.165, 1.54) is 6.42 Å². The van der Waals surface area contributed by atoms with E-state index in [1.54, 1.807) is 36.4 Å². The Morgan fingerprint density at radius 3 is 2.40 bits per heavy atom. The van der Waals surface area contributed by atoms with Crippen LogP contribution in [0.25, 0.3) is 0 Å². The van der Waals surface area contributed by atoms with Crippen LogP contribution in [0.15, 0.2) is 48.5 Å². The van der Waals surface area contributed by atoms with Gasteiger partial charge >= 0.3 is 0 Å². The fraction of sp³-hybridized carbons (Fsp3) is 0.300. The molecule has 130 valence electrons. The van der Waals surface area contributed by atoms with Crippen LogP contribution in [0.1, 0.15) is 35.2 Å². The van der Waals surface area contributed by atoms with Gasteiger partial charge in [-0.3, -0.25) is 9.59 Å². The molecule has 4 nitrogen and oxygen atoms in total. The molecule has 1 saturated heterocycles. The Labute approximate surface area is 152 Å². The minimum atomic E-state index is -0.114. The Morgan fingerprint density at radius 1 is 1.00 bits per heavy atom. The number of likely N-dealkylation sites (tertiary alicyclic amines) is 1. The van der Waals surface area contributed by atoms with E-state index in [0.29, 0.717) is 16.3 Å². The summed E-state index contributed by atoms with van der Waals surface area (Å²) in [5.41, 5.74) is 2.21. The molecule has 0 saturated carbocycles. The van der Waals surface area contributed by atoms with E-state index >= 15 is 0 Å². The summed E-state index contributed by atoms with van der Waals surface area (Å²) in [5.74, 6) is -0.0473. The molecule has 1 aliphatic rings. The van der Waals surface area contributed by atoms with Crippen molar-refractivity contribution < 1.29 is 9.59 Å². The van der Waals surface area contributed by atoms with E-state index < -0.39 is 0 Å². The van der Waals surface area contributed by atoms with Crippen LogP contribution in [0.5, 0.6) is 0 Å². The smallest absolute Gasteiger partial charge is 0.253 e. The summed E-state index contributed by atoms with van der Waals surface area (Å²) in [5, 5.41) is 3.47. The fourth-order valence-electron chi connectivity index (χ4n) is 3.01. The van der Waals surface area contributed by atoms with Crippen LogP contribution >= 0.6 is 11.6 Å². The van der Waals surface area contributed by atoms with Gasteiger partial charge in [-0.15, -0.1) is 0 Å². The second-order valence-corrected chi connectivity index (χ2v) is 6.72. The molecule has 1 aliphatic heterocycles. The number of amides is 2. The van der Waals surface area contributed by atoms with Gasteiger partial charge in [0.25, 0.3) is 5.91 Å². The number of carbonyl (C=O) groups excluding carboxylic acids is 2. The Kier molecular flexibility index (Phi) is 5.71. The molecular weight excluding hydrogens is 336 g/mol. The lowest BCUT2D eigenvalue weighted by atomic mass is 10.1. The zero-order valence-corrected chi connectivity index (χ0v) is 14.8. The molecular formula is C20H21ClN2O2. The number of nitrogens with zero attached hydrogens (tertiary/aromatic N) is 1. The monoisotopic (exact) mass is 356 g/mol. The molecule has 1 N–H and O–H groups in total. The van der Waals surface area contributed by atoms with Crippen molar-refractivity contribution >= 4 is 29.1 Å². The first kappa shape index (κ1) is 17.5. The molecule has 0 aromatic heterocycles. The Morgan fingerprint density at radius 2 is 1.72 bits per heavy atom. The first-order valence-electron chi connectivity index (χ1n) is 8.55. The summed E-state index contributed by atoms with van der Waals surface area (Å²) in [6.45, 7) is 1.66. The highest BCUT2D eigenvalue weighted by Gasteiger charge is 2.18. The zero-order valence-electron chi connectivity index (χ0n) is 14.0. The summed E-state index contributed by atoms with van der Waals surface area (Å²) in [7, 11) is 0. The van der Waals surface area contributed by atoms with E-state index in [9.17, 15) is 9.59 Å². The van der Waals surface area contributed by atoms with Gasteiger partial charge in [0, 0.05) is 29.4 Å². The SMILES string of the molecule is O=C(Cc1cccc(Cl)c1)Nc1ccc(C(=O)N2CCCCC2)cc1. The summed E-state index contributed by atoms with van der Waals surface area (Å²) in [4.78, 5) is 26.5. The van der Waals surface area contributed by atoms with Crippen LogP contribution in [0, 0.1) is 0 Å². The second-order valence-electron chi connectivity index (χ2n) is 6.29. The average Bonchev–Trinajstić information content (AvgIpc) is 2.62. The predicted molar refractivity (Wildman–Crippen MR) is 100.0 cm³/mol. The van der Waals surface area contributed by atoms with Crippen LogP contribution < -0.4 is 5.32 Å². The normalized spacial score (nSPS) is 14.2. The first-order valence-corrected chi connectivity index (χ1v) is 8.93. The van der Waals surface area contributed by atoms with Gasteiger partial charge in [-0.05, 0) is 61.2 Å². The molecule has 0 radical (unpaired) electrons. The number of nitrogens with one attached hydrogen (secondary N) is 1. The van der Waals surface area contributed by atoms with Crippen molar-refractivity contribution in [3.05, 3.63) is 64.7 Å². The average molecular weight is 357 g/mol. The van der Waals surface area contributed by atoms with Crippen molar-refractivity contribution in [2.75, 3.05) is 18.4 Å². The molecule has 0 aliphatic carbocycles. The molecule has 0 bridgehead atoms. The maximum Gasteiger partial charge on any atom is 0.253 e. The van der Waals surface area contributed by atoms with Gasteiger partial charge in [0.2, 0.25) is 5.91 Å². The maximum atomic E-state index is 12.4. The summed E-state index contributed by atoms with van der Waals surface area (Å²) >= 11 is 5.93. The number of halogens is 1. The van der Waals surface area contributed by atoms with Crippen molar-refractivity contribution in [2.45, 2.75) is 25.7 Å². The number of carbonyl (C=O) groups is 2. The third kappa shape index (κ3) is 4.83. The van der Waals surface area contributed by atoms with Crippen molar-refractivity contribution in [2.24, 2.45) is 0 Å². The molecule has 2 amide bonds. The van der Waals surface area contributed by atoms with Crippen LogP contribution in [0.3, 0.4) is 0 Å². The van der Waals surface area contributed by atoms with Gasteiger partial charge in [0.15, 0.2) is 0 Å². The van der Waals surface area contributed by atoms with E-state index in [2.05, 4.69) is 5.32 Å². The van der Waals surface area contributed by atoms with Gasteiger partial charge in [-0.1, -0.05) is 23.7 Å². The van der Waals surface area contributed by atoms with Crippen LogP contribution in [-0.4, -0.2) is 29.8 Å². The van der Waals surface area contributed by atoms with Crippen LogP contribution in [-0.2, 0) is 11.2 Å². The quantitative estimate of drug-likeness (QED) is 0.894. The number of hydrogen-bond acceptors (Lipinski definition) is 2. The third-order valence-electron chi connectivity index (χ3n) is 4.31. The van der Waals surface area contributed by atoms with Crippen LogP contribution in [0.4, 0.5) is 5.69 Å². The van der Waals surface area contributed by atoms with Crippen molar-refractivity contribution in [3.63, 3.8) is 0 Å². The highest BCUT2D eigenvalue weighted by Crippen LogP contribution is 2.16. The highest BCUT2D eigenvalue weighted by molar-refractivity contribution is 6.30. The summed E-state index contributed by atoms with van der Waals surface area (Å²) in [6.07, 6.45) is 3.60. The second kappa shape index (κ2) is 8.17. The lowest BCUT2D eigenvalue weighted by Gasteiger charge is -2.26. The molecule has 25 heavy (non-hydrogen) atoms. The number of benzene rings is 2. The van der Waals surface area contributed by atoms with Gasteiger partial charge in [-0.25, -0.2) is 0 Å². The van der Waals surface area contributed by atoms with E-state index in [-0.39, 0.29) is 18.2 Å². The number of anilines is 1. The standard InChI is InChI=1S/C20H21ClN2O2/c21-17-6-4-5-15(13-17)14-19(24)22-18-9-7-16(8-10-18)20(25)23-11-2-1-3-12-23/h4-10,13H,1-3,11-12,14H2,(H,22,24). The predicted octanol–water partition coefficient (Wildman–Crippen LogP) is 4.15. The molecule has 2 aromatic carbocycles. The Hall–Kier alpha value is -2.33. The fourth-order valence-corrected chi connectivity index (χ4v) is 3.23. The molecule has 3 rings (SSSR count). The van der Waals surface area contributed by atoms with E-state index in [4.69, 9.17) is 11.6 Å². The van der Waals surface area contributed by atoms with Crippen LogP contribution in [0.2, 0.25) is 5.02 Å². The zero-order chi connectivity index (χ0) is 17.6. The largest absolute Gasteiger partial charge is 0.339 e. The minimum Gasteiger partial charge on any atom is -0.339 e. The van der Waals surface area contributed by atoms with Crippen molar-refractivity contribution in [1.82, 2.24) is 4.90 Å². The van der Waals surface area contributed by atoms with Gasteiger partial charge in [0.05, 0.1) is 6.42 Å². The first-order chi connectivity index (χ1) is 12.1. The van der Waals surface area contributed by atoms with Gasteiger partial charge in [-0.2, -0.15) is 0 Å². The van der Waals surface area contributed by atoms with Crippen molar-refractivity contribution in [1.29, 1.82) is 0 Å². The van der Waals surface area contributed by atoms with E-state index in [0.717, 1.165) is 31.5 Å². The molecule has 0 atom stereocenters. The molecule has 1 heterocycles. The Balaban J connectivity index is 1.58. The van der Waals surface area contributed by atoms with Crippen molar-refractivity contribution in [3.8, 4) is 0 Å². The summed E-state index contributed by atoms with van der Waals surface area (Å²) < 4.78 is 0. The number of hydrogen-bond donors (Lipinski definition) is 1. The molecule has 1 fully saturated rings. The molecule has 0 unspecified atom stereocenters. The lowest BCUT2D eigenvalue weighted by Crippen LogP contribution is -2.35. The highest BCUT2D eigenvalue weighted by atomic mass is 35.5. The van der Waals surface area contributed by atoms with E-state index in [1.807, 2.05) is 17.0 Å². The molecule has 5 heteroatoms. The van der Waals surface area contributed by atoms with Gasteiger partial charge in [0.1, 0.15) is 0 Å². The number of piperidine rings is 1. The van der Waals surface area contributed by atoms with Gasteiger partial charge < -0.3 is 10.2 Å². The third-order valence-corrected chi connectivity index (χ3v) is 4.55. The number of rotatable bonds is 4. The minimum absolute atomic E-state index is 0.0662. The molecule has 2 aromatic rings. The Bertz CT molecular complexity index is 753. The maximum absolute atomic E-state index is 12.4. The summed E-state index contributed by atoms with van der Waals surface area (Å²) in [6, 6.07) is 14.3. The topological polar surface area (TPSA) is 49.4 Å². The lowest BCUT2D eigenvalue weighted by molar-refractivity contribution is -0.115. The molecule has 0 spiro atoms.